The molecule has 1 aromatic heterocycles. The number of rotatable bonds is 4. The highest BCUT2D eigenvalue weighted by Gasteiger charge is 2.26. The molecule has 0 radical (unpaired) electrons. The summed E-state index contributed by atoms with van der Waals surface area (Å²) in [6, 6.07) is 13.7. The summed E-state index contributed by atoms with van der Waals surface area (Å²) in [7, 11) is 0. The van der Waals surface area contributed by atoms with Gasteiger partial charge in [-0.1, -0.05) is 30.3 Å². The maximum atomic E-state index is 12.4. The summed E-state index contributed by atoms with van der Waals surface area (Å²) in [5.74, 6) is 0.0104. The highest BCUT2D eigenvalue weighted by Crippen LogP contribution is 2.23. The third-order valence-corrected chi connectivity index (χ3v) is 3.76. The third kappa shape index (κ3) is 3.28. The Labute approximate surface area is 124 Å². The fraction of sp³-hybridized carbons (Fsp3) is 0.294. The second-order valence-electron chi connectivity index (χ2n) is 5.19. The summed E-state index contributed by atoms with van der Waals surface area (Å²) in [6.45, 7) is 1.19. The monoisotopic (exact) mass is 282 g/mol. The minimum Gasteiger partial charge on any atom is -0.381 e. The first kappa shape index (κ1) is 13.8. The number of hydrogen-bond donors (Lipinski definition) is 1. The van der Waals surface area contributed by atoms with E-state index in [0.29, 0.717) is 13.2 Å². The highest BCUT2D eigenvalue weighted by atomic mass is 16.5. The molecule has 0 saturated carbocycles. The van der Waals surface area contributed by atoms with Crippen molar-refractivity contribution in [3.05, 3.63) is 66.0 Å². The Hall–Kier alpha value is -2.20. The summed E-state index contributed by atoms with van der Waals surface area (Å²) >= 11 is 0. The molecule has 21 heavy (non-hydrogen) atoms. The molecule has 108 valence electrons. The predicted octanol–water partition coefficient (Wildman–Crippen LogP) is 2.32. The van der Waals surface area contributed by atoms with Crippen molar-refractivity contribution >= 4 is 5.91 Å². The van der Waals surface area contributed by atoms with Gasteiger partial charge in [0.05, 0.1) is 18.6 Å². The van der Waals surface area contributed by atoms with Gasteiger partial charge in [-0.05, 0) is 29.7 Å². The van der Waals surface area contributed by atoms with Crippen molar-refractivity contribution in [3.8, 4) is 0 Å². The normalized spacial score (nSPS) is 19.1. The Bertz CT molecular complexity index is 541. The molecule has 0 spiro atoms. The molecule has 4 heteroatoms. The van der Waals surface area contributed by atoms with Gasteiger partial charge in [0.25, 0.3) is 0 Å². The van der Waals surface area contributed by atoms with Gasteiger partial charge >= 0.3 is 0 Å². The number of hydrogen-bond acceptors (Lipinski definition) is 3. The van der Waals surface area contributed by atoms with Gasteiger partial charge in [-0.15, -0.1) is 0 Å². The van der Waals surface area contributed by atoms with Crippen molar-refractivity contribution in [2.75, 3.05) is 13.2 Å². The number of aromatic nitrogens is 1. The highest BCUT2D eigenvalue weighted by molar-refractivity contribution is 5.80. The second kappa shape index (κ2) is 6.50. The molecule has 1 amide bonds. The van der Waals surface area contributed by atoms with Gasteiger partial charge in [0.1, 0.15) is 0 Å². The average Bonchev–Trinajstić information content (AvgIpc) is 3.09. The zero-order chi connectivity index (χ0) is 14.5. The molecule has 0 bridgehead atoms. The van der Waals surface area contributed by atoms with E-state index in [0.717, 1.165) is 17.5 Å². The Morgan fingerprint density at radius 2 is 1.86 bits per heavy atom. The molecule has 1 N–H and O–H groups in total. The van der Waals surface area contributed by atoms with E-state index in [1.54, 1.807) is 12.4 Å². The van der Waals surface area contributed by atoms with Crippen LogP contribution >= 0.6 is 0 Å². The zero-order valence-electron chi connectivity index (χ0n) is 11.7. The molecule has 4 nitrogen and oxygen atoms in total. The molecular formula is C17H18N2O2. The third-order valence-electron chi connectivity index (χ3n) is 3.76. The lowest BCUT2D eigenvalue weighted by atomic mass is 9.98. The van der Waals surface area contributed by atoms with Crippen LogP contribution in [-0.4, -0.2) is 24.1 Å². The van der Waals surface area contributed by atoms with Crippen molar-refractivity contribution in [1.82, 2.24) is 10.3 Å². The van der Waals surface area contributed by atoms with Crippen LogP contribution in [0.25, 0.3) is 0 Å². The van der Waals surface area contributed by atoms with E-state index in [4.69, 9.17) is 4.74 Å². The quantitative estimate of drug-likeness (QED) is 0.936. The van der Waals surface area contributed by atoms with Crippen LogP contribution in [0.2, 0.25) is 0 Å². The van der Waals surface area contributed by atoms with Crippen LogP contribution in [0, 0.1) is 5.92 Å². The number of amides is 1. The van der Waals surface area contributed by atoms with Crippen molar-refractivity contribution in [2.45, 2.75) is 12.5 Å². The summed E-state index contributed by atoms with van der Waals surface area (Å²) in [5, 5.41) is 3.14. The van der Waals surface area contributed by atoms with Gasteiger partial charge in [-0.2, -0.15) is 0 Å². The van der Waals surface area contributed by atoms with E-state index in [-0.39, 0.29) is 17.9 Å². The van der Waals surface area contributed by atoms with Gasteiger partial charge in [0, 0.05) is 19.0 Å². The SMILES string of the molecule is O=C(N[C@@H](c1ccccc1)c1ccncc1)[C@H]1CCOC1. The molecule has 0 aliphatic carbocycles. The van der Waals surface area contributed by atoms with E-state index in [9.17, 15) is 4.79 Å². The van der Waals surface area contributed by atoms with Crippen LogP contribution in [0.3, 0.4) is 0 Å². The lowest BCUT2D eigenvalue weighted by molar-refractivity contribution is -0.125. The second-order valence-corrected chi connectivity index (χ2v) is 5.19. The Morgan fingerprint density at radius 1 is 1.14 bits per heavy atom. The molecule has 3 rings (SSSR count). The number of nitrogens with zero attached hydrogens (tertiary/aromatic N) is 1. The number of nitrogens with one attached hydrogen (secondary N) is 1. The van der Waals surface area contributed by atoms with Crippen molar-refractivity contribution in [3.63, 3.8) is 0 Å². The molecule has 1 aromatic carbocycles. The standard InChI is InChI=1S/C17H18N2O2/c20-17(15-8-11-21-12-15)19-16(13-4-2-1-3-5-13)14-6-9-18-10-7-14/h1-7,9-10,15-16H,8,11-12H2,(H,19,20)/t15-,16-/m0/s1. The van der Waals surface area contributed by atoms with E-state index in [1.807, 2.05) is 42.5 Å². The van der Waals surface area contributed by atoms with E-state index in [2.05, 4.69) is 10.3 Å². The fourth-order valence-electron chi connectivity index (χ4n) is 2.56. The summed E-state index contributed by atoms with van der Waals surface area (Å²) in [6.07, 6.45) is 4.29. The van der Waals surface area contributed by atoms with Crippen LogP contribution in [-0.2, 0) is 9.53 Å². The van der Waals surface area contributed by atoms with Crippen LogP contribution in [0.4, 0.5) is 0 Å². The maximum Gasteiger partial charge on any atom is 0.226 e. The Balaban J connectivity index is 1.84. The molecule has 1 fully saturated rings. The first-order chi connectivity index (χ1) is 10.3. The van der Waals surface area contributed by atoms with Crippen molar-refractivity contribution in [1.29, 1.82) is 0 Å². The zero-order valence-corrected chi connectivity index (χ0v) is 11.7. The Morgan fingerprint density at radius 3 is 2.52 bits per heavy atom. The fourth-order valence-corrected chi connectivity index (χ4v) is 2.56. The maximum absolute atomic E-state index is 12.4. The summed E-state index contributed by atoms with van der Waals surface area (Å²) in [4.78, 5) is 16.4. The molecule has 2 atom stereocenters. The van der Waals surface area contributed by atoms with E-state index in [1.165, 1.54) is 0 Å². The van der Waals surface area contributed by atoms with Crippen LogP contribution in [0.5, 0.6) is 0 Å². The minimum absolute atomic E-state index is 0.0435. The number of benzene rings is 1. The van der Waals surface area contributed by atoms with Crippen LogP contribution < -0.4 is 5.32 Å². The lowest BCUT2D eigenvalue weighted by Gasteiger charge is -2.21. The van der Waals surface area contributed by atoms with Gasteiger partial charge in [-0.25, -0.2) is 0 Å². The molecule has 1 aliphatic heterocycles. The van der Waals surface area contributed by atoms with Crippen molar-refractivity contribution in [2.24, 2.45) is 5.92 Å². The molecule has 2 aromatic rings. The molecule has 1 saturated heterocycles. The smallest absolute Gasteiger partial charge is 0.226 e. The van der Waals surface area contributed by atoms with Gasteiger partial charge in [0.15, 0.2) is 0 Å². The lowest BCUT2D eigenvalue weighted by Crippen LogP contribution is -2.34. The average molecular weight is 282 g/mol. The number of carbonyl (C=O) groups is 1. The van der Waals surface area contributed by atoms with Crippen molar-refractivity contribution < 1.29 is 9.53 Å². The van der Waals surface area contributed by atoms with Gasteiger partial charge in [0.2, 0.25) is 5.91 Å². The summed E-state index contributed by atoms with van der Waals surface area (Å²) < 4.78 is 5.30. The van der Waals surface area contributed by atoms with Gasteiger partial charge in [-0.3, -0.25) is 9.78 Å². The van der Waals surface area contributed by atoms with E-state index >= 15 is 0 Å². The number of ether oxygens (including phenoxy) is 1. The first-order valence-corrected chi connectivity index (χ1v) is 7.17. The largest absolute Gasteiger partial charge is 0.381 e. The minimum atomic E-state index is -0.151. The molecule has 2 heterocycles. The summed E-state index contributed by atoms with van der Waals surface area (Å²) in [5.41, 5.74) is 2.10. The van der Waals surface area contributed by atoms with Crippen LogP contribution in [0.15, 0.2) is 54.9 Å². The predicted molar refractivity (Wildman–Crippen MR) is 79.6 cm³/mol. The number of pyridine rings is 1. The molecule has 0 unspecified atom stereocenters. The van der Waals surface area contributed by atoms with Gasteiger partial charge < -0.3 is 10.1 Å². The topological polar surface area (TPSA) is 51.2 Å². The Kier molecular flexibility index (Phi) is 4.26. The first-order valence-electron chi connectivity index (χ1n) is 7.17. The number of carbonyl (C=O) groups excluding carboxylic acids is 1. The molecular weight excluding hydrogens is 264 g/mol. The van der Waals surface area contributed by atoms with E-state index < -0.39 is 0 Å². The molecule has 1 aliphatic rings. The van der Waals surface area contributed by atoms with Crippen LogP contribution in [0.1, 0.15) is 23.6 Å².